The SMILES string of the molecule is Cc1c(-c2csc3c2CNC3)c(F)cn2c(=O)n(N)c(=O)c(C3CC3)c12. The molecular weight excluding hydrogens is 355 g/mol. The Balaban J connectivity index is 1.93. The summed E-state index contributed by atoms with van der Waals surface area (Å²) in [5.41, 5.74) is 2.87. The molecule has 1 fully saturated rings. The normalized spacial score (nSPS) is 16.4. The fourth-order valence-corrected chi connectivity index (χ4v) is 5.01. The molecule has 1 saturated carbocycles. The van der Waals surface area contributed by atoms with E-state index in [2.05, 4.69) is 5.32 Å². The maximum absolute atomic E-state index is 15.1. The first-order valence-electron chi connectivity index (χ1n) is 8.54. The van der Waals surface area contributed by atoms with Crippen LogP contribution in [-0.4, -0.2) is 9.08 Å². The zero-order valence-electron chi connectivity index (χ0n) is 14.1. The van der Waals surface area contributed by atoms with E-state index in [4.69, 9.17) is 5.84 Å². The summed E-state index contributed by atoms with van der Waals surface area (Å²) in [4.78, 5) is 26.3. The third kappa shape index (κ3) is 1.99. The zero-order chi connectivity index (χ0) is 18.2. The fraction of sp³-hybridized carbons (Fsp3) is 0.333. The molecule has 3 aromatic rings. The lowest BCUT2D eigenvalue weighted by Crippen LogP contribution is -2.44. The third-order valence-electron chi connectivity index (χ3n) is 5.39. The highest BCUT2D eigenvalue weighted by molar-refractivity contribution is 7.10. The quantitative estimate of drug-likeness (QED) is 0.673. The van der Waals surface area contributed by atoms with Gasteiger partial charge in [0, 0.05) is 34.7 Å². The van der Waals surface area contributed by atoms with Crippen LogP contribution in [0.2, 0.25) is 0 Å². The van der Waals surface area contributed by atoms with Crippen molar-refractivity contribution in [2.24, 2.45) is 0 Å². The van der Waals surface area contributed by atoms with E-state index in [0.29, 0.717) is 33.4 Å². The molecule has 0 spiro atoms. The van der Waals surface area contributed by atoms with Gasteiger partial charge in [-0.2, -0.15) is 4.68 Å². The summed E-state index contributed by atoms with van der Waals surface area (Å²) in [5.74, 6) is 5.26. The number of nitrogen functional groups attached to an aromatic ring is 1. The monoisotopic (exact) mass is 372 g/mol. The maximum atomic E-state index is 15.1. The van der Waals surface area contributed by atoms with Gasteiger partial charge in [-0.05, 0) is 42.2 Å². The van der Waals surface area contributed by atoms with Crippen LogP contribution >= 0.6 is 11.3 Å². The number of nitrogens with one attached hydrogen (secondary N) is 1. The summed E-state index contributed by atoms with van der Waals surface area (Å²) in [5, 5.41) is 5.25. The minimum Gasteiger partial charge on any atom is -0.332 e. The molecule has 134 valence electrons. The molecule has 0 unspecified atom stereocenters. The van der Waals surface area contributed by atoms with Crippen LogP contribution in [0.15, 0.2) is 21.2 Å². The van der Waals surface area contributed by atoms with Gasteiger partial charge < -0.3 is 11.2 Å². The second-order valence-electron chi connectivity index (χ2n) is 7.00. The van der Waals surface area contributed by atoms with Crippen LogP contribution in [0.3, 0.4) is 0 Å². The molecule has 3 N–H and O–H groups in total. The van der Waals surface area contributed by atoms with E-state index in [1.165, 1.54) is 15.5 Å². The van der Waals surface area contributed by atoms with E-state index in [9.17, 15) is 9.59 Å². The second-order valence-corrected chi connectivity index (χ2v) is 7.96. The second kappa shape index (κ2) is 5.28. The molecular formula is C18H17FN4O2S. The summed E-state index contributed by atoms with van der Waals surface area (Å²) >= 11 is 1.60. The Kier molecular flexibility index (Phi) is 3.20. The summed E-state index contributed by atoms with van der Waals surface area (Å²) in [7, 11) is 0. The van der Waals surface area contributed by atoms with Crippen molar-refractivity contribution in [3.8, 4) is 11.1 Å². The Morgan fingerprint density at radius 1 is 1.31 bits per heavy atom. The van der Waals surface area contributed by atoms with Gasteiger partial charge in [0.25, 0.3) is 5.56 Å². The van der Waals surface area contributed by atoms with Crippen LogP contribution in [0.5, 0.6) is 0 Å². The summed E-state index contributed by atoms with van der Waals surface area (Å²) in [6, 6.07) is 0. The van der Waals surface area contributed by atoms with Crippen LogP contribution in [0.1, 0.15) is 40.3 Å². The minimum absolute atomic E-state index is 0.0831. The average Bonchev–Trinajstić information content (AvgIpc) is 3.20. The zero-order valence-corrected chi connectivity index (χ0v) is 15.0. The minimum atomic E-state index is -0.722. The number of hydrogen-bond donors (Lipinski definition) is 2. The lowest BCUT2D eigenvalue weighted by Gasteiger charge is -2.16. The molecule has 0 atom stereocenters. The van der Waals surface area contributed by atoms with Gasteiger partial charge in [0.05, 0.1) is 11.7 Å². The lowest BCUT2D eigenvalue weighted by molar-refractivity contribution is 0.615. The molecule has 8 heteroatoms. The number of thiophene rings is 1. The number of halogens is 1. The summed E-state index contributed by atoms with van der Waals surface area (Å²) < 4.78 is 16.8. The lowest BCUT2D eigenvalue weighted by atomic mass is 9.96. The average molecular weight is 372 g/mol. The maximum Gasteiger partial charge on any atom is 0.354 e. The Morgan fingerprint density at radius 2 is 2.08 bits per heavy atom. The topological polar surface area (TPSA) is 81.5 Å². The van der Waals surface area contributed by atoms with Crippen molar-refractivity contribution in [2.75, 3.05) is 5.84 Å². The van der Waals surface area contributed by atoms with Crippen LogP contribution in [0, 0.1) is 12.7 Å². The molecule has 1 aliphatic carbocycles. The van der Waals surface area contributed by atoms with Gasteiger partial charge in [-0.1, -0.05) is 0 Å². The number of rotatable bonds is 2. The molecule has 0 saturated heterocycles. The molecule has 26 heavy (non-hydrogen) atoms. The number of fused-ring (bicyclic) bond motifs is 2. The first-order valence-corrected chi connectivity index (χ1v) is 9.42. The van der Waals surface area contributed by atoms with Crippen molar-refractivity contribution in [3.05, 3.63) is 59.8 Å². The number of hydrogen-bond acceptors (Lipinski definition) is 5. The Morgan fingerprint density at radius 3 is 2.81 bits per heavy atom. The molecule has 3 aromatic heterocycles. The van der Waals surface area contributed by atoms with Crippen LogP contribution in [-0.2, 0) is 13.1 Å². The number of nitrogens with two attached hydrogens (primary N) is 1. The first kappa shape index (κ1) is 15.8. The van der Waals surface area contributed by atoms with E-state index >= 15 is 4.39 Å². The van der Waals surface area contributed by atoms with Crippen molar-refractivity contribution < 1.29 is 4.39 Å². The van der Waals surface area contributed by atoms with E-state index in [-0.39, 0.29) is 5.92 Å². The third-order valence-corrected chi connectivity index (χ3v) is 6.42. The summed E-state index contributed by atoms with van der Waals surface area (Å²) in [6.07, 6.45) is 2.93. The highest BCUT2D eigenvalue weighted by Crippen LogP contribution is 2.43. The molecule has 0 bridgehead atoms. The molecule has 0 aromatic carbocycles. The molecule has 5 rings (SSSR count). The number of aromatic nitrogens is 2. The van der Waals surface area contributed by atoms with Gasteiger partial charge in [0.1, 0.15) is 5.82 Å². The fourth-order valence-electron chi connectivity index (χ4n) is 3.98. The van der Waals surface area contributed by atoms with Crippen molar-refractivity contribution >= 4 is 16.9 Å². The van der Waals surface area contributed by atoms with Crippen molar-refractivity contribution in [1.29, 1.82) is 0 Å². The number of pyridine rings is 1. The van der Waals surface area contributed by atoms with Gasteiger partial charge in [-0.15, -0.1) is 11.3 Å². The smallest absolute Gasteiger partial charge is 0.332 e. The van der Waals surface area contributed by atoms with E-state index < -0.39 is 17.1 Å². The van der Waals surface area contributed by atoms with Crippen molar-refractivity contribution in [2.45, 2.75) is 38.8 Å². The largest absolute Gasteiger partial charge is 0.354 e. The molecule has 2 aliphatic rings. The molecule has 0 radical (unpaired) electrons. The van der Waals surface area contributed by atoms with Crippen molar-refractivity contribution in [1.82, 2.24) is 14.4 Å². The Hall–Kier alpha value is -2.45. The van der Waals surface area contributed by atoms with Crippen LogP contribution in [0.4, 0.5) is 4.39 Å². The molecule has 6 nitrogen and oxygen atoms in total. The van der Waals surface area contributed by atoms with Gasteiger partial charge in [0.15, 0.2) is 0 Å². The molecule has 4 heterocycles. The van der Waals surface area contributed by atoms with Gasteiger partial charge >= 0.3 is 5.69 Å². The van der Waals surface area contributed by atoms with Crippen LogP contribution < -0.4 is 22.4 Å². The number of aryl methyl sites for hydroxylation is 1. The van der Waals surface area contributed by atoms with Crippen LogP contribution in [0.25, 0.3) is 16.6 Å². The predicted molar refractivity (Wildman–Crippen MR) is 98.6 cm³/mol. The molecule has 1 aliphatic heterocycles. The Labute approximate surface area is 151 Å². The number of nitrogens with zero attached hydrogens (tertiary/aromatic N) is 2. The predicted octanol–water partition coefficient (Wildman–Crippen LogP) is 1.83. The van der Waals surface area contributed by atoms with Crippen molar-refractivity contribution in [3.63, 3.8) is 0 Å². The standard InChI is InChI=1S/C18H17FN4O2S/c1-8-14(11-7-26-13-5-21-4-10(11)13)12(19)6-22-16(8)15(9-2-3-9)17(24)23(20)18(22)25/h6-7,9,21H,2-5,20H2,1H3. The van der Waals surface area contributed by atoms with E-state index in [1.807, 2.05) is 5.38 Å². The van der Waals surface area contributed by atoms with Gasteiger partial charge in [-0.3, -0.25) is 9.20 Å². The van der Waals surface area contributed by atoms with Gasteiger partial charge in [-0.25, -0.2) is 9.18 Å². The highest BCUT2D eigenvalue weighted by Gasteiger charge is 2.32. The Bertz CT molecular complexity index is 1200. The first-order chi connectivity index (χ1) is 12.5. The molecule has 0 amide bonds. The van der Waals surface area contributed by atoms with Gasteiger partial charge in [0.2, 0.25) is 0 Å². The highest BCUT2D eigenvalue weighted by atomic mass is 32.1. The summed E-state index contributed by atoms with van der Waals surface area (Å²) in [6.45, 7) is 3.27. The van der Waals surface area contributed by atoms with E-state index in [0.717, 1.165) is 30.5 Å². The van der Waals surface area contributed by atoms with E-state index in [1.54, 1.807) is 18.3 Å².